The van der Waals surface area contributed by atoms with E-state index in [0.29, 0.717) is 11.7 Å². The highest BCUT2D eigenvalue weighted by Gasteiger charge is 2.17. The average Bonchev–Trinajstić information content (AvgIpc) is 2.74. The van der Waals surface area contributed by atoms with Gasteiger partial charge in [0.25, 0.3) is 0 Å². The zero-order valence-electron chi connectivity index (χ0n) is 9.82. The molecule has 2 rings (SSSR count). The van der Waals surface area contributed by atoms with Gasteiger partial charge in [-0.2, -0.15) is 10.1 Å². The van der Waals surface area contributed by atoms with Crippen LogP contribution in [0.4, 0.5) is 17.3 Å². The van der Waals surface area contributed by atoms with Crippen LogP contribution in [0.3, 0.4) is 0 Å². The average molecular weight is 249 g/mol. The number of ether oxygens (including phenoxy) is 1. The molecule has 0 saturated carbocycles. The smallest absolute Gasteiger partial charge is 0.312 e. The molecular formula is C10H11N5O3. The molecule has 0 spiro atoms. The standard InChI is InChI=1S/C10H11N5O3/c1-14-6-5-8(13-14)11-10-7(15(16)17)3-4-9(12-10)18-2/h3-6H,1-2H3,(H,11,12,13). The lowest BCUT2D eigenvalue weighted by Crippen LogP contribution is -2.02. The lowest BCUT2D eigenvalue weighted by molar-refractivity contribution is -0.384. The number of pyridine rings is 1. The minimum Gasteiger partial charge on any atom is -0.481 e. The fourth-order valence-electron chi connectivity index (χ4n) is 1.39. The second kappa shape index (κ2) is 4.70. The van der Waals surface area contributed by atoms with Crippen molar-refractivity contribution in [3.63, 3.8) is 0 Å². The van der Waals surface area contributed by atoms with Gasteiger partial charge in [0.05, 0.1) is 12.0 Å². The van der Waals surface area contributed by atoms with E-state index in [1.807, 2.05) is 0 Å². The van der Waals surface area contributed by atoms with E-state index >= 15 is 0 Å². The summed E-state index contributed by atoms with van der Waals surface area (Å²) in [5, 5.41) is 17.7. The SMILES string of the molecule is COc1ccc([N+](=O)[O-])c(Nc2ccn(C)n2)n1. The first-order chi connectivity index (χ1) is 8.60. The quantitative estimate of drug-likeness (QED) is 0.651. The van der Waals surface area contributed by atoms with Crippen LogP contribution in [0.1, 0.15) is 0 Å². The number of rotatable bonds is 4. The van der Waals surface area contributed by atoms with Crippen LogP contribution >= 0.6 is 0 Å². The number of methoxy groups -OCH3 is 1. The zero-order chi connectivity index (χ0) is 13.1. The van der Waals surface area contributed by atoms with Gasteiger partial charge < -0.3 is 10.1 Å². The Balaban J connectivity index is 2.37. The molecule has 1 N–H and O–H groups in total. The van der Waals surface area contributed by atoms with Gasteiger partial charge in [0.15, 0.2) is 5.82 Å². The van der Waals surface area contributed by atoms with Crippen molar-refractivity contribution in [3.05, 3.63) is 34.5 Å². The molecule has 0 atom stereocenters. The molecule has 0 saturated heterocycles. The van der Waals surface area contributed by atoms with Gasteiger partial charge in [-0.05, 0) is 0 Å². The van der Waals surface area contributed by atoms with Crippen molar-refractivity contribution in [2.45, 2.75) is 0 Å². The van der Waals surface area contributed by atoms with Crippen LogP contribution in [0.5, 0.6) is 5.88 Å². The molecule has 0 bridgehead atoms. The lowest BCUT2D eigenvalue weighted by Gasteiger charge is -2.05. The topological polar surface area (TPSA) is 95.1 Å². The van der Waals surface area contributed by atoms with Crippen molar-refractivity contribution >= 4 is 17.3 Å². The highest BCUT2D eigenvalue weighted by Crippen LogP contribution is 2.27. The van der Waals surface area contributed by atoms with Crippen LogP contribution in [-0.4, -0.2) is 26.8 Å². The van der Waals surface area contributed by atoms with Gasteiger partial charge in [-0.15, -0.1) is 0 Å². The molecule has 0 aliphatic heterocycles. The maximum atomic E-state index is 10.9. The second-order valence-electron chi connectivity index (χ2n) is 3.48. The van der Waals surface area contributed by atoms with Gasteiger partial charge in [0.1, 0.15) is 0 Å². The summed E-state index contributed by atoms with van der Waals surface area (Å²) in [5.74, 6) is 0.860. The van der Waals surface area contributed by atoms with Crippen molar-refractivity contribution in [3.8, 4) is 5.88 Å². The third kappa shape index (κ3) is 2.37. The fourth-order valence-corrected chi connectivity index (χ4v) is 1.39. The normalized spacial score (nSPS) is 10.1. The predicted octanol–water partition coefficient (Wildman–Crippen LogP) is 1.48. The first-order valence-electron chi connectivity index (χ1n) is 5.06. The van der Waals surface area contributed by atoms with Crippen LogP contribution in [0, 0.1) is 10.1 Å². The van der Waals surface area contributed by atoms with Crippen molar-refractivity contribution < 1.29 is 9.66 Å². The Kier molecular flexibility index (Phi) is 3.09. The number of nitrogens with zero attached hydrogens (tertiary/aromatic N) is 4. The summed E-state index contributed by atoms with van der Waals surface area (Å²) in [6.07, 6.45) is 1.72. The molecule has 0 aromatic carbocycles. The first-order valence-corrected chi connectivity index (χ1v) is 5.06. The largest absolute Gasteiger partial charge is 0.481 e. The third-order valence-electron chi connectivity index (χ3n) is 2.21. The zero-order valence-corrected chi connectivity index (χ0v) is 9.82. The van der Waals surface area contributed by atoms with Crippen LogP contribution in [0.25, 0.3) is 0 Å². The molecule has 8 nitrogen and oxygen atoms in total. The highest BCUT2D eigenvalue weighted by molar-refractivity contribution is 5.63. The molecule has 94 valence electrons. The second-order valence-corrected chi connectivity index (χ2v) is 3.48. The Morgan fingerprint density at radius 1 is 1.44 bits per heavy atom. The lowest BCUT2D eigenvalue weighted by atomic mass is 10.4. The summed E-state index contributed by atoms with van der Waals surface area (Å²) >= 11 is 0. The monoisotopic (exact) mass is 249 g/mol. The number of aromatic nitrogens is 3. The van der Waals surface area contributed by atoms with E-state index in [9.17, 15) is 10.1 Å². The van der Waals surface area contributed by atoms with Crippen molar-refractivity contribution in [1.29, 1.82) is 0 Å². The summed E-state index contributed by atoms with van der Waals surface area (Å²) in [6, 6.07) is 4.45. The van der Waals surface area contributed by atoms with Gasteiger partial charge >= 0.3 is 5.69 Å². The minimum absolute atomic E-state index is 0.0954. The van der Waals surface area contributed by atoms with Crippen molar-refractivity contribution in [1.82, 2.24) is 14.8 Å². The first kappa shape index (κ1) is 11.8. The molecule has 0 amide bonds. The number of anilines is 2. The van der Waals surface area contributed by atoms with E-state index in [0.717, 1.165) is 0 Å². The Morgan fingerprint density at radius 3 is 2.78 bits per heavy atom. The van der Waals surface area contributed by atoms with Gasteiger partial charge in [-0.3, -0.25) is 14.8 Å². The molecule has 0 radical (unpaired) electrons. The maximum Gasteiger partial charge on any atom is 0.312 e. The van der Waals surface area contributed by atoms with E-state index in [2.05, 4.69) is 15.4 Å². The summed E-state index contributed by atoms with van der Waals surface area (Å²) in [7, 11) is 3.19. The van der Waals surface area contributed by atoms with Crippen LogP contribution < -0.4 is 10.1 Å². The number of hydrogen-bond acceptors (Lipinski definition) is 6. The van der Waals surface area contributed by atoms with E-state index in [1.54, 1.807) is 24.0 Å². The molecule has 0 fully saturated rings. The predicted molar refractivity (Wildman–Crippen MR) is 63.9 cm³/mol. The van der Waals surface area contributed by atoms with Gasteiger partial charge in [0.2, 0.25) is 11.7 Å². The van der Waals surface area contributed by atoms with Crippen LogP contribution in [0.15, 0.2) is 24.4 Å². The number of aryl methyl sites for hydroxylation is 1. The molecule has 8 heteroatoms. The van der Waals surface area contributed by atoms with E-state index in [-0.39, 0.29) is 11.5 Å². The van der Waals surface area contributed by atoms with E-state index in [1.165, 1.54) is 19.2 Å². The molecule has 0 aliphatic carbocycles. The number of nitrogens with one attached hydrogen (secondary N) is 1. The fraction of sp³-hybridized carbons (Fsp3) is 0.200. The number of nitro groups is 1. The summed E-state index contributed by atoms with van der Waals surface area (Å²) in [5.41, 5.74) is -0.138. The van der Waals surface area contributed by atoms with Gasteiger partial charge in [-0.25, -0.2) is 0 Å². The van der Waals surface area contributed by atoms with Gasteiger partial charge in [-0.1, -0.05) is 0 Å². The van der Waals surface area contributed by atoms with Crippen molar-refractivity contribution in [2.75, 3.05) is 12.4 Å². The Hall–Kier alpha value is -2.64. The molecule has 18 heavy (non-hydrogen) atoms. The Morgan fingerprint density at radius 2 is 2.22 bits per heavy atom. The van der Waals surface area contributed by atoms with Crippen LogP contribution in [0.2, 0.25) is 0 Å². The molecular weight excluding hydrogens is 238 g/mol. The van der Waals surface area contributed by atoms with E-state index in [4.69, 9.17) is 4.74 Å². The van der Waals surface area contributed by atoms with Crippen LogP contribution in [-0.2, 0) is 7.05 Å². The highest BCUT2D eigenvalue weighted by atomic mass is 16.6. The Labute approximate surface area is 102 Å². The molecule has 2 aromatic rings. The third-order valence-corrected chi connectivity index (χ3v) is 2.21. The molecule has 2 aromatic heterocycles. The van der Waals surface area contributed by atoms with E-state index < -0.39 is 4.92 Å². The summed E-state index contributed by atoms with van der Waals surface area (Å²) in [6.45, 7) is 0. The minimum atomic E-state index is -0.516. The maximum absolute atomic E-state index is 10.9. The van der Waals surface area contributed by atoms with Crippen molar-refractivity contribution in [2.24, 2.45) is 7.05 Å². The molecule has 2 heterocycles. The molecule has 0 aliphatic rings. The Bertz CT molecular complexity index is 581. The van der Waals surface area contributed by atoms with Gasteiger partial charge in [0, 0.05) is 31.4 Å². The summed E-state index contributed by atoms with van der Waals surface area (Å²) in [4.78, 5) is 14.4. The molecule has 0 unspecified atom stereocenters. The summed E-state index contributed by atoms with van der Waals surface area (Å²) < 4.78 is 6.51. The number of hydrogen-bond donors (Lipinski definition) is 1.